The number of anilines is 2. The Hall–Kier alpha value is -2.54. The molecular formula is C22H27FN2O3S. The van der Waals surface area contributed by atoms with Crippen molar-refractivity contribution in [2.45, 2.75) is 38.4 Å². The van der Waals surface area contributed by atoms with E-state index in [9.17, 15) is 14.0 Å². The van der Waals surface area contributed by atoms with E-state index >= 15 is 0 Å². The molecule has 5 nitrogen and oxygen atoms in total. The molecule has 156 valence electrons. The third-order valence-corrected chi connectivity index (χ3v) is 5.43. The zero-order chi connectivity index (χ0) is 21.6. The van der Waals surface area contributed by atoms with Crippen LogP contribution in [0.1, 0.15) is 33.3 Å². The topological polar surface area (TPSA) is 67.4 Å². The summed E-state index contributed by atoms with van der Waals surface area (Å²) in [7, 11) is 1.56. The molecule has 2 N–H and O–H groups in total. The van der Waals surface area contributed by atoms with Gasteiger partial charge in [0.1, 0.15) is 11.6 Å². The molecule has 2 aromatic carbocycles. The van der Waals surface area contributed by atoms with Crippen LogP contribution < -0.4 is 15.4 Å². The second-order valence-electron chi connectivity index (χ2n) is 7.66. The van der Waals surface area contributed by atoms with Gasteiger partial charge in [-0.1, -0.05) is 26.8 Å². The van der Waals surface area contributed by atoms with Crippen molar-refractivity contribution in [2.75, 3.05) is 23.5 Å². The zero-order valence-electron chi connectivity index (χ0n) is 17.3. The molecule has 0 unspecified atom stereocenters. The largest absolute Gasteiger partial charge is 0.495 e. The monoisotopic (exact) mass is 418 g/mol. The minimum Gasteiger partial charge on any atom is -0.495 e. The molecule has 0 aromatic heterocycles. The van der Waals surface area contributed by atoms with Crippen molar-refractivity contribution < 1.29 is 18.7 Å². The molecule has 0 spiro atoms. The Morgan fingerprint density at radius 3 is 2.34 bits per heavy atom. The van der Waals surface area contributed by atoms with Gasteiger partial charge >= 0.3 is 0 Å². The lowest BCUT2D eigenvalue weighted by Gasteiger charge is -2.22. The van der Waals surface area contributed by atoms with Crippen molar-refractivity contribution in [3.8, 4) is 5.75 Å². The summed E-state index contributed by atoms with van der Waals surface area (Å²) in [6.07, 6.45) is 0. The summed E-state index contributed by atoms with van der Waals surface area (Å²) < 4.78 is 18.3. The number of thioether (sulfide) groups is 1. The van der Waals surface area contributed by atoms with E-state index in [1.165, 1.54) is 36.0 Å². The average Bonchev–Trinajstić information content (AvgIpc) is 2.67. The molecule has 0 radical (unpaired) electrons. The second kappa shape index (κ2) is 9.78. The van der Waals surface area contributed by atoms with Gasteiger partial charge in [-0.2, -0.15) is 0 Å². The number of halogens is 1. The Labute approximate surface area is 175 Å². The van der Waals surface area contributed by atoms with Gasteiger partial charge in [0, 0.05) is 5.69 Å². The molecule has 2 aromatic rings. The summed E-state index contributed by atoms with van der Waals surface area (Å²) in [5, 5.41) is 5.13. The van der Waals surface area contributed by atoms with Crippen LogP contribution in [-0.2, 0) is 15.0 Å². The maximum atomic E-state index is 12.9. The van der Waals surface area contributed by atoms with Gasteiger partial charge in [-0.05, 0) is 54.3 Å². The number of hydrogen-bond acceptors (Lipinski definition) is 4. The van der Waals surface area contributed by atoms with E-state index in [1.807, 2.05) is 18.2 Å². The number of carbonyl (C=O) groups excluding carboxylic acids is 2. The minimum atomic E-state index is -0.447. The summed E-state index contributed by atoms with van der Waals surface area (Å²) in [5.74, 6) is -0.153. The van der Waals surface area contributed by atoms with Gasteiger partial charge in [0.05, 0.1) is 23.8 Å². The van der Waals surface area contributed by atoms with E-state index < -0.39 is 5.25 Å². The summed E-state index contributed by atoms with van der Waals surface area (Å²) in [6, 6.07) is 11.3. The van der Waals surface area contributed by atoms with Crippen molar-refractivity contribution in [3.05, 3.63) is 53.8 Å². The van der Waals surface area contributed by atoms with E-state index in [0.29, 0.717) is 17.1 Å². The lowest BCUT2D eigenvalue weighted by atomic mass is 9.87. The standard InChI is InChI=1S/C22H27FN2O3S/c1-14(29-13-20(26)24-17-9-7-16(23)8-10-17)21(27)25-18-12-15(22(2,3)4)6-11-19(18)28-5/h6-12,14H,13H2,1-5H3,(H,24,26)(H,25,27)/t14-/m1/s1. The van der Waals surface area contributed by atoms with Crippen LogP contribution in [0, 0.1) is 5.82 Å². The lowest BCUT2D eigenvalue weighted by molar-refractivity contribution is -0.115. The summed E-state index contributed by atoms with van der Waals surface area (Å²) in [4.78, 5) is 24.6. The van der Waals surface area contributed by atoms with E-state index in [4.69, 9.17) is 4.74 Å². The molecule has 0 heterocycles. The zero-order valence-corrected chi connectivity index (χ0v) is 18.2. The molecule has 7 heteroatoms. The van der Waals surface area contributed by atoms with Crippen molar-refractivity contribution in [1.29, 1.82) is 0 Å². The Bertz CT molecular complexity index is 863. The van der Waals surface area contributed by atoms with Crippen LogP contribution in [0.2, 0.25) is 0 Å². The molecule has 0 fully saturated rings. The van der Waals surface area contributed by atoms with Gasteiger partial charge in [-0.25, -0.2) is 4.39 Å². The number of methoxy groups -OCH3 is 1. The maximum absolute atomic E-state index is 12.9. The van der Waals surface area contributed by atoms with Crippen LogP contribution in [0.15, 0.2) is 42.5 Å². The molecular weight excluding hydrogens is 391 g/mol. The Morgan fingerprint density at radius 2 is 1.76 bits per heavy atom. The summed E-state index contributed by atoms with van der Waals surface area (Å²) in [6.45, 7) is 8.03. The van der Waals surface area contributed by atoms with Crippen LogP contribution in [0.3, 0.4) is 0 Å². The number of benzene rings is 2. The SMILES string of the molecule is COc1ccc(C(C)(C)C)cc1NC(=O)[C@@H](C)SCC(=O)Nc1ccc(F)cc1. The molecule has 1 atom stereocenters. The van der Waals surface area contributed by atoms with Crippen LogP contribution in [0.25, 0.3) is 0 Å². The Balaban J connectivity index is 1.94. The highest BCUT2D eigenvalue weighted by Crippen LogP contribution is 2.32. The lowest BCUT2D eigenvalue weighted by Crippen LogP contribution is -2.25. The third-order valence-electron chi connectivity index (χ3n) is 4.29. The minimum absolute atomic E-state index is 0.0649. The quantitative estimate of drug-likeness (QED) is 0.676. The van der Waals surface area contributed by atoms with Gasteiger partial charge in [0.2, 0.25) is 11.8 Å². The first kappa shape index (κ1) is 22.7. The van der Waals surface area contributed by atoms with Crippen LogP contribution in [0.5, 0.6) is 5.75 Å². The normalized spacial score (nSPS) is 12.2. The molecule has 29 heavy (non-hydrogen) atoms. The van der Waals surface area contributed by atoms with Crippen LogP contribution >= 0.6 is 11.8 Å². The first-order valence-corrected chi connectivity index (χ1v) is 10.3. The van der Waals surface area contributed by atoms with Crippen molar-refractivity contribution >= 4 is 35.0 Å². The predicted octanol–water partition coefficient (Wildman–Crippen LogP) is 4.83. The number of nitrogens with one attached hydrogen (secondary N) is 2. The fourth-order valence-corrected chi connectivity index (χ4v) is 3.20. The molecule has 2 rings (SSSR count). The van der Waals surface area contributed by atoms with Crippen molar-refractivity contribution in [1.82, 2.24) is 0 Å². The smallest absolute Gasteiger partial charge is 0.237 e. The molecule has 0 aliphatic rings. The second-order valence-corrected chi connectivity index (χ2v) is 8.99. The molecule has 0 saturated heterocycles. The number of rotatable bonds is 7. The Kier molecular flexibility index (Phi) is 7.67. The molecule has 0 aliphatic carbocycles. The van der Waals surface area contributed by atoms with Gasteiger partial charge in [-0.15, -0.1) is 11.8 Å². The Morgan fingerprint density at radius 1 is 1.10 bits per heavy atom. The van der Waals surface area contributed by atoms with E-state index in [2.05, 4.69) is 31.4 Å². The first-order valence-electron chi connectivity index (χ1n) is 9.26. The highest BCUT2D eigenvalue weighted by atomic mass is 32.2. The van der Waals surface area contributed by atoms with E-state index in [1.54, 1.807) is 14.0 Å². The van der Waals surface area contributed by atoms with E-state index in [-0.39, 0.29) is 28.8 Å². The average molecular weight is 419 g/mol. The first-order chi connectivity index (χ1) is 13.6. The number of carbonyl (C=O) groups is 2. The van der Waals surface area contributed by atoms with Crippen molar-refractivity contribution in [2.24, 2.45) is 0 Å². The highest BCUT2D eigenvalue weighted by Gasteiger charge is 2.20. The maximum Gasteiger partial charge on any atom is 0.237 e. The predicted molar refractivity (Wildman–Crippen MR) is 117 cm³/mol. The van der Waals surface area contributed by atoms with Crippen LogP contribution in [-0.4, -0.2) is 29.9 Å². The number of amides is 2. The molecule has 0 bridgehead atoms. The molecule has 0 saturated carbocycles. The van der Waals surface area contributed by atoms with Crippen molar-refractivity contribution in [3.63, 3.8) is 0 Å². The number of ether oxygens (including phenoxy) is 1. The van der Waals surface area contributed by atoms with Gasteiger partial charge < -0.3 is 15.4 Å². The third kappa shape index (κ3) is 6.78. The summed E-state index contributed by atoms with van der Waals surface area (Å²) in [5.41, 5.74) is 2.13. The molecule has 2 amide bonds. The fourth-order valence-electron chi connectivity index (χ4n) is 2.51. The van der Waals surface area contributed by atoms with E-state index in [0.717, 1.165) is 5.56 Å². The van der Waals surface area contributed by atoms with Gasteiger partial charge in [-0.3, -0.25) is 9.59 Å². The molecule has 0 aliphatic heterocycles. The van der Waals surface area contributed by atoms with Gasteiger partial charge in [0.25, 0.3) is 0 Å². The van der Waals surface area contributed by atoms with Crippen LogP contribution in [0.4, 0.5) is 15.8 Å². The summed E-state index contributed by atoms with van der Waals surface area (Å²) >= 11 is 1.22. The number of hydrogen-bond donors (Lipinski definition) is 2. The fraction of sp³-hybridized carbons (Fsp3) is 0.364. The highest BCUT2D eigenvalue weighted by molar-refractivity contribution is 8.01. The van der Waals surface area contributed by atoms with Gasteiger partial charge in [0.15, 0.2) is 0 Å².